The van der Waals surface area contributed by atoms with E-state index in [4.69, 9.17) is 4.74 Å². The van der Waals surface area contributed by atoms with Gasteiger partial charge >= 0.3 is 0 Å². The average Bonchev–Trinajstić information content (AvgIpc) is 2.57. The Morgan fingerprint density at radius 1 is 1.12 bits per heavy atom. The van der Waals surface area contributed by atoms with Gasteiger partial charge in [0.15, 0.2) is 0 Å². The zero-order valence-electron chi connectivity index (χ0n) is 12.0. The summed E-state index contributed by atoms with van der Waals surface area (Å²) >= 11 is 0. The number of hydrogen-bond acceptors (Lipinski definition) is 2. The van der Waals surface area contributed by atoms with Crippen LogP contribution in [0.1, 0.15) is 65.7 Å². The van der Waals surface area contributed by atoms with Crippen molar-refractivity contribution in [2.24, 2.45) is 5.92 Å². The van der Waals surface area contributed by atoms with E-state index >= 15 is 0 Å². The molecule has 1 N–H and O–H groups in total. The lowest BCUT2D eigenvalue weighted by molar-refractivity contribution is 0.0460. The molecule has 1 fully saturated rings. The highest BCUT2D eigenvalue weighted by Gasteiger charge is 2.22. The van der Waals surface area contributed by atoms with Gasteiger partial charge < -0.3 is 10.1 Å². The van der Waals surface area contributed by atoms with Gasteiger partial charge in [0.1, 0.15) is 0 Å². The molecule has 0 aliphatic heterocycles. The van der Waals surface area contributed by atoms with Gasteiger partial charge in [0.25, 0.3) is 0 Å². The van der Waals surface area contributed by atoms with Crippen LogP contribution in [0.2, 0.25) is 0 Å². The predicted molar refractivity (Wildman–Crippen MR) is 74.4 cm³/mol. The molecule has 0 saturated heterocycles. The summed E-state index contributed by atoms with van der Waals surface area (Å²) in [6.45, 7) is 8.51. The van der Waals surface area contributed by atoms with Crippen molar-refractivity contribution < 1.29 is 4.74 Å². The fourth-order valence-corrected chi connectivity index (χ4v) is 2.70. The van der Waals surface area contributed by atoms with Crippen LogP contribution in [0.25, 0.3) is 0 Å². The fourth-order valence-electron chi connectivity index (χ4n) is 2.70. The topological polar surface area (TPSA) is 21.3 Å². The highest BCUT2D eigenvalue weighted by atomic mass is 16.5. The summed E-state index contributed by atoms with van der Waals surface area (Å²) in [5.74, 6) is 0.836. The first kappa shape index (κ1) is 15.0. The summed E-state index contributed by atoms with van der Waals surface area (Å²) in [5.41, 5.74) is 0. The summed E-state index contributed by atoms with van der Waals surface area (Å²) in [7, 11) is 0. The number of hydrogen-bond donors (Lipinski definition) is 1. The van der Waals surface area contributed by atoms with Crippen LogP contribution in [0.3, 0.4) is 0 Å². The lowest BCUT2D eigenvalue weighted by Crippen LogP contribution is -2.41. The Morgan fingerprint density at radius 3 is 2.29 bits per heavy atom. The minimum absolute atomic E-state index is 0.353. The van der Waals surface area contributed by atoms with Gasteiger partial charge in [0, 0.05) is 6.04 Å². The third-order valence-corrected chi connectivity index (χ3v) is 3.73. The molecular weight excluding hydrogens is 210 g/mol. The smallest absolute Gasteiger partial charge is 0.0625 e. The van der Waals surface area contributed by atoms with Gasteiger partial charge in [0.2, 0.25) is 0 Å². The van der Waals surface area contributed by atoms with E-state index in [1.807, 2.05) is 0 Å². The fraction of sp³-hybridized carbons (Fsp3) is 1.00. The van der Waals surface area contributed by atoms with Gasteiger partial charge in [-0.15, -0.1) is 0 Å². The highest BCUT2D eigenvalue weighted by Crippen LogP contribution is 2.26. The van der Waals surface area contributed by atoms with Crippen LogP contribution in [-0.4, -0.2) is 25.3 Å². The van der Waals surface area contributed by atoms with Crippen LogP contribution >= 0.6 is 0 Å². The quantitative estimate of drug-likeness (QED) is 0.685. The molecule has 1 unspecified atom stereocenters. The normalized spacial score (nSPS) is 20.5. The molecule has 1 saturated carbocycles. The highest BCUT2D eigenvalue weighted by molar-refractivity contribution is 4.78. The van der Waals surface area contributed by atoms with E-state index in [1.54, 1.807) is 0 Å². The van der Waals surface area contributed by atoms with E-state index in [9.17, 15) is 0 Å². The predicted octanol–water partition coefficient (Wildman–Crippen LogP) is 3.75. The number of nitrogens with one attached hydrogen (secondary N) is 1. The third-order valence-electron chi connectivity index (χ3n) is 3.73. The van der Waals surface area contributed by atoms with E-state index in [-0.39, 0.29) is 0 Å². The minimum atomic E-state index is 0.353. The van der Waals surface area contributed by atoms with Crippen LogP contribution in [0.15, 0.2) is 0 Å². The molecule has 17 heavy (non-hydrogen) atoms. The second-order valence-electron chi connectivity index (χ2n) is 5.69. The monoisotopic (exact) mass is 241 g/mol. The van der Waals surface area contributed by atoms with Crippen molar-refractivity contribution in [2.45, 2.75) is 77.9 Å². The van der Waals surface area contributed by atoms with Gasteiger partial charge in [-0.25, -0.2) is 0 Å². The van der Waals surface area contributed by atoms with Crippen molar-refractivity contribution >= 4 is 0 Å². The van der Waals surface area contributed by atoms with Crippen LogP contribution in [-0.2, 0) is 4.74 Å². The van der Waals surface area contributed by atoms with Crippen molar-refractivity contribution in [3.05, 3.63) is 0 Å². The van der Waals surface area contributed by atoms with Crippen LogP contribution in [0.4, 0.5) is 0 Å². The first-order valence-electron chi connectivity index (χ1n) is 7.59. The summed E-state index contributed by atoms with van der Waals surface area (Å²) in [5, 5.41) is 3.70. The largest absolute Gasteiger partial charge is 0.377 e. The van der Waals surface area contributed by atoms with Crippen molar-refractivity contribution in [2.75, 3.05) is 13.2 Å². The van der Waals surface area contributed by atoms with E-state index in [2.05, 4.69) is 26.1 Å². The molecule has 0 amide bonds. The molecule has 1 aliphatic carbocycles. The zero-order chi connectivity index (χ0) is 12.5. The lowest BCUT2D eigenvalue weighted by atomic mass is 9.92. The van der Waals surface area contributed by atoms with E-state index < -0.39 is 0 Å². The second-order valence-corrected chi connectivity index (χ2v) is 5.69. The first-order chi connectivity index (χ1) is 8.24. The molecule has 2 nitrogen and oxygen atoms in total. The Kier molecular flexibility index (Phi) is 7.87. The Labute approximate surface area is 108 Å². The van der Waals surface area contributed by atoms with Gasteiger partial charge in [-0.3, -0.25) is 0 Å². The molecule has 1 rings (SSSR count). The van der Waals surface area contributed by atoms with Crippen molar-refractivity contribution in [3.8, 4) is 0 Å². The first-order valence-corrected chi connectivity index (χ1v) is 7.59. The molecule has 0 bridgehead atoms. The molecule has 0 aromatic rings. The third kappa shape index (κ3) is 6.42. The summed E-state index contributed by atoms with van der Waals surface area (Å²) in [4.78, 5) is 0. The second kappa shape index (κ2) is 8.93. The van der Waals surface area contributed by atoms with Crippen molar-refractivity contribution in [1.82, 2.24) is 5.32 Å². The van der Waals surface area contributed by atoms with Crippen molar-refractivity contribution in [3.63, 3.8) is 0 Å². The van der Waals surface area contributed by atoms with Crippen LogP contribution in [0, 0.1) is 5.92 Å². The molecule has 0 aromatic carbocycles. The molecule has 2 heteroatoms. The SMILES string of the molecule is CCCNC(COC(C)C)C1CCCCCC1. The van der Waals surface area contributed by atoms with E-state index in [0.717, 1.165) is 19.1 Å². The lowest BCUT2D eigenvalue weighted by Gasteiger charge is -2.28. The van der Waals surface area contributed by atoms with E-state index in [0.29, 0.717) is 12.1 Å². The Bertz CT molecular complexity index is 174. The van der Waals surface area contributed by atoms with Gasteiger partial charge in [-0.05, 0) is 45.6 Å². The average molecular weight is 241 g/mol. The minimum Gasteiger partial charge on any atom is -0.377 e. The Hall–Kier alpha value is -0.0800. The molecule has 1 aliphatic rings. The summed E-state index contributed by atoms with van der Waals surface area (Å²) in [6.07, 6.45) is 10.0. The Morgan fingerprint density at radius 2 is 1.76 bits per heavy atom. The molecule has 102 valence electrons. The van der Waals surface area contributed by atoms with Gasteiger partial charge in [-0.2, -0.15) is 0 Å². The maximum absolute atomic E-state index is 5.83. The maximum Gasteiger partial charge on any atom is 0.0625 e. The summed E-state index contributed by atoms with van der Waals surface area (Å²) in [6, 6.07) is 0.579. The molecule has 0 aromatic heterocycles. The maximum atomic E-state index is 5.83. The molecule has 0 heterocycles. The molecular formula is C15H31NO. The van der Waals surface area contributed by atoms with Crippen LogP contribution < -0.4 is 5.32 Å². The zero-order valence-corrected chi connectivity index (χ0v) is 12.0. The number of rotatable bonds is 7. The summed E-state index contributed by atoms with van der Waals surface area (Å²) < 4.78 is 5.83. The molecule has 0 spiro atoms. The van der Waals surface area contributed by atoms with E-state index in [1.165, 1.54) is 44.9 Å². The van der Waals surface area contributed by atoms with Gasteiger partial charge in [0.05, 0.1) is 12.7 Å². The van der Waals surface area contributed by atoms with Gasteiger partial charge in [-0.1, -0.05) is 32.6 Å². The van der Waals surface area contributed by atoms with Crippen molar-refractivity contribution in [1.29, 1.82) is 0 Å². The molecule has 0 radical (unpaired) electrons. The molecule has 1 atom stereocenters. The number of ether oxygens (including phenoxy) is 1. The standard InChI is InChI=1S/C15H31NO/c1-4-11-16-15(12-17-13(2)3)14-9-7-5-6-8-10-14/h13-16H,4-12H2,1-3H3. The Balaban J connectivity index is 2.40. The van der Waals surface area contributed by atoms with Crippen LogP contribution in [0.5, 0.6) is 0 Å².